The third-order valence-corrected chi connectivity index (χ3v) is 4.66. The minimum Gasteiger partial charge on any atom is -0.490 e. The van der Waals surface area contributed by atoms with Crippen LogP contribution < -0.4 is 9.47 Å². The van der Waals surface area contributed by atoms with Crippen LogP contribution in [-0.2, 0) is 0 Å². The van der Waals surface area contributed by atoms with Gasteiger partial charge < -0.3 is 9.47 Å². The number of allylic oxidation sites excluding steroid dienone is 1. The Morgan fingerprint density at radius 2 is 1.81 bits per heavy atom. The standard InChI is InChI=1S/C25H22N2O4/c1-3-30-25-16-19(9-14-24(25)31-18(2)20-7-5-4-6-8-20)15-22(17-26)21-10-12-23(13-11-21)27(28)29/h4-16,18H,3H2,1-2H3. The van der Waals surface area contributed by atoms with Crippen molar-refractivity contribution < 1.29 is 14.4 Å². The molecule has 0 saturated carbocycles. The number of ether oxygens (including phenoxy) is 2. The molecule has 6 nitrogen and oxygen atoms in total. The second-order valence-corrected chi connectivity index (χ2v) is 6.78. The average molecular weight is 414 g/mol. The first-order valence-electron chi connectivity index (χ1n) is 9.87. The van der Waals surface area contributed by atoms with E-state index in [1.165, 1.54) is 12.1 Å². The Kier molecular flexibility index (Phi) is 7.02. The quantitative estimate of drug-likeness (QED) is 0.190. The maximum atomic E-state index is 10.8. The van der Waals surface area contributed by atoms with Crippen molar-refractivity contribution in [2.75, 3.05) is 6.61 Å². The number of benzene rings is 3. The Hall–Kier alpha value is -4.11. The van der Waals surface area contributed by atoms with E-state index >= 15 is 0 Å². The van der Waals surface area contributed by atoms with Gasteiger partial charge in [-0.05, 0) is 60.9 Å². The highest BCUT2D eigenvalue weighted by Crippen LogP contribution is 2.33. The maximum Gasteiger partial charge on any atom is 0.269 e. The van der Waals surface area contributed by atoms with Crippen LogP contribution in [0.3, 0.4) is 0 Å². The van der Waals surface area contributed by atoms with E-state index in [1.807, 2.05) is 62.4 Å². The minimum absolute atomic E-state index is 0.0197. The highest BCUT2D eigenvalue weighted by atomic mass is 16.6. The number of rotatable bonds is 8. The number of nitriles is 1. The van der Waals surface area contributed by atoms with Crippen LogP contribution in [0.5, 0.6) is 11.5 Å². The van der Waals surface area contributed by atoms with Gasteiger partial charge in [0.1, 0.15) is 6.10 Å². The lowest BCUT2D eigenvalue weighted by Gasteiger charge is -2.18. The van der Waals surface area contributed by atoms with Crippen molar-refractivity contribution in [2.45, 2.75) is 20.0 Å². The molecule has 0 bridgehead atoms. The molecule has 0 heterocycles. The van der Waals surface area contributed by atoms with Crippen LogP contribution in [0.2, 0.25) is 0 Å². The van der Waals surface area contributed by atoms with Gasteiger partial charge in [-0.1, -0.05) is 36.4 Å². The van der Waals surface area contributed by atoms with E-state index in [9.17, 15) is 15.4 Å². The van der Waals surface area contributed by atoms with Gasteiger partial charge >= 0.3 is 0 Å². The SMILES string of the molecule is CCOc1cc(C=C(C#N)c2ccc([N+](=O)[O-])cc2)ccc1OC(C)c1ccccc1. The maximum absolute atomic E-state index is 10.8. The van der Waals surface area contributed by atoms with Crippen LogP contribution in [0.15, 0.2) is 72.8 Å². The third kappa shape index (κ3) is 5.49. The summed E-state index contributed by atoms with van der Waals surface area (Å²) in [6.45, 7) is 4.34. The highest BCUT2D eigenvalue weighted by molar-refractivity contribution is 5.90. The second kappa shape index (κ2) is 10.1. The lowest BCUT2D eigenvalue weighted by atomic mass is 10.0. The molecule has 0 aromatic heterocycles. The van der Waals surface area contributed by atoms with Gasteiger partial charge in [-0.25, -0.2) is 0 Å². The molecule has 0 radical (unpaired) electrons. The first-order chi connectivity index (χ1) is 15.0. The number of nitro groups is 1. The number of hydrogen-bond donors (Lipinski definition) is 0. The van der Waals surface area contributed by atoms with E-state index in [1.54, 1.807) is 18.2 Å². The van der Waals surface area contributed by atoms with Crippen molar-refractivity contribution in [3.63, 3.8) is 0 Å². The fourth-order valence-corrected chi connectivity index (χ4v) is 3.07. The summed E-state index contributed by atoms with van der Waals surface area (Å²) >= 11 is 0. The van der Waals surface area contributed by atoms with Crippen molar-refractivity contribution >= 4 is 17.3 Å². The largest absolute Gasteiger partial charge is 0.490 e. The summed E-state index contributed by atoms with van der Waals surface area (Å²) in [7, 11) is 0. The Morgan fingerprint density at radius 3 is 2.42 bits per heavy atom. The van der Waals surface area contributed by atoms with Crippen LogP contribution >= 0.6 is 0 Å². The molecule has 1 unspecified atom stereocenters. The Bertz CT molecular complexity index is 1120. The molecule has 0 aliphatic heterocycles. The molecule has 31 heavy (non-hydrogen) atoms. The van der Waals surface area contributed by atoms with Gasteiger partial charge in [-0.15, -0.1) is 0 Å². The summed E-state index contributed by atoms with van der Waals surface area (Å²) in [5.74, 6) is 1.20. The van der Waals surface area contributed by atoms with E-state index in [-0.39, 0.29) is 11.8 Å². The van der Waals surface area contributed by atoms with E-state index in [0.29, 0.717) is 29.2 Å². The summed E-state index contributed by atoms with van der Waals surface area (Å²) in [6, 6.07) is 23.4. The van der Waals surface area contributed by atoms with Gasteiger partial charge in [0.05, 0.1) is 23.2 Å². The van der Waals surface area contributed by atoms with Crippen molar-refractivity contribution in [1.82, 2.24) is 0 Å². The van der Waals surface area contributed by atoms with Crippen LogP contribution in [0.1, 0.15) is 36.6 Å². The summed E-state index contributed by atoms with van der Waals surface area (Å²) in [5, 5.41) is 20.4. The smallest absolute Gasteiger partial charge is 0.269 e. The molecule has 0 fully saturated rings. The Balaban J connectivity index is 1.88. The van der Waals surface area contributed by atoms with Gasteiger partial charge in [0.2, 0.25) is 0 Å². The second-order valence-electron chi connectivity index (χ2n) is 6.78. The van der Waals surface area contributed by atoms with Crippen molar-refractivity contribution in [3.8, 4) is 17.6 Å². The predicted molar refractivity (Wildman–Crippen MR) is 120 cm³/mol. The lowest BCUT2D eigenvalue weighted by Crippen LogP contribution is -2.05. The molecule has 3 rings (SSSR count). The number of nitro benzene ring substituents is 1. The minimum atomic E-state index is -0.469. The Morgan fingerprint density at radius 1 is 1.10 bits per heavy atom. The molecule has 1 atom stereocenters. The molecule has 0 aliphatic rings. The van der Waals surface area contributed by atoms with Crippen molar-refractivity contribution in [3.05, 3.63) is 99.6 Å². The molecule has 3 aromatic rings. The number of nitrogens with zero attached hydrogens (tertiary/aromatic N) is 2. The van der Waals surface area contributed by atoms with E-state index < -0.39 is 4.92 Å². The first-order valence-corrected chi connectivity index (χ1v) is 9.87. The summed E-state index contributed by atoms with van der Waals surface area (Å²) < 4.78 is 11.9. The van der Waals surface area contributed by atoms with E-state index in [2.05, 4.69) is 6.07 Å². The van der Waals surface area contributed by atoms with Gasteiger partial charge in [0.25, 0.3) is 5.69 Å². The zero-order chi connectivity index (χ0) is 22.2. The zero-order valence-electron chi connectivity index (χ0n) is 17.3. The van der Waals surface area contributed by atoms with Gasteiger partial charge in [-0.3, -0.25) is 10.1 Å². The van der Waals surface area contributed by atoms with E-state index in [0.717, 1.165) is 11.1 Å². The molecule has 0 saturated heterocycles. The normalized spacial score (nSPS) is 12.0. The predicted octanol–water partition coefficient (Wildman–Crippen LogP) is 6.20. The van der Waals surface area contributed by atoms with Gasteiger partial charge in [0.15, 0.2) is 11.5 Å². The third-order valence-electron chi connectivity index (χ3n) is 4.66. The molecule has 0 N–H and O–H groups in total. The summed E-state index contributed by atoms with van der Waals surface area (Å²) in [4.78, 5) is 10.4. The van der Waals surface area contributed by atoms with Crippen molar-refractivity contribution in [2.24, 2.45) is 0 Å². The molecule has 0 spiro atoms. The molecule has 156 valence electrons. The molecule has 6 heteroatoms. The van der Waals surface area contributed by atoms with Crippen LogP contribution in [0, 0.1) is 21.4 Å². The summed E-state index contributed by atoms with van der Waals surface area (Å²) in [5.41, 5.74) is 2.79. The zero-order valence-corrected chi connectivity index (χ0v) is 17.3. The molecule has 3 aromatic carbocycles. The highest BCUT2D eigenvalue weighted by Gasteiger charge is 2.13. The van der Waals surface area contributed by atoms with Crippen LogP contribution in [-0.4, -0.2) is 11.5 Å². The molecule has 0 amide bonds. The topological polar surface area (TPSA) is 85.4 Å². The first kappa shape index (κ1) is 21.6. The van der Waals surface area contributed by atoms with Gasteiger partial charge in [-0.2, -0.15) is 5.26 Å². The number of hydrogen-bond acceptors (Lipinski definition) is 5. The van der Waals surface area contributed by atoms with E-state index in [4.69, 9.17) is 9.47 Å². The molecule has 0 aliphatic carbocycles. The summed E-state index contributed by atoms with van der Waals surface area (Å²) in [6.07, 6.45) is 1.56. The monoisotopic (exact) mass is 414 g/mol. The van der Waals surface area contributed by atoms with Crippen molar-refractivity contribution in [1.29, 1.82) is 5.26 Å². The number of non-ortho nitro benzene ring substituents is 1. The lowest BCUT2D eigenvalue weighted by molar-refractivity contribution is -0.384. The average Bonchev–Trinajstić information content (AvgIpc) is 2.79. The Labute approximate surface area is 181 Å². The fraction of sp³-hybridized carbons (Fsp3) is 0.160. The molecular weight excluding hydrogens is 392 g/mol. The molecular formula is C25H22N2O4. The fourth-order valence-electron chi connectivity index (χ4n) is 3.07. The van der Waals surface area contributed by atoms with Crippen LogP contribution in [0.25, 0.3) is 11.6 Å². The van der Waals surface area contributed by atoms with Gasteiger partial charge in [0, 0.05) is 12.1 Å². The van der Waals surface area contributed by atoms with Crippen LogP contribution in [0.4, 0.5) is 5.69 Å².